The molecule has 148 valence electrons. The second kappa shape index (κ2) is 6.68. The predicted molar refractivity (Wildman–Crippen MR) is 104 cm³/mol. The highest BCUT2D eigenvalue weighted by Gasteiger charge is 2.46. The smallest absolute Gasteiger partial charge is 0.410 e. The fourth-order valence-corrected chi connectivity index (χ4v) is 3.98. The summed E-state index contributed by atoms with van der Waals surface area (Å²) in [4.78, 5) is 40.3. The van der Waals surface area contributed by atoms with E-state index in [0.717, 1.165) is 43.4 Å². The maximum Gasteiger partial charge on any atom is 0.410 e. The van der Waals surface area contributed by atoms with Gasteiger partial charge in [0.1, 0.15) is 17.7 Å². The monoisotopic (exact) mass is 383 g/mol. The first-order chi connectivity index (χ1) is 13.3. The SMILES string of the molecule is CC(C)(C)OC(=O)N1CCC2(CC1)CN(c1ncnc3ncc(C=O)cc13)C2. The van der Waals surface area contributed by atoms with Gasteiger partial charge in [-0.25, -0.2) is 19.7 Å². The number of ether oxygens (including phenoxy) is 1. The Kier molecular flexibility index (Phi) is 4.44. The van der Waals surface area contributed by atoms with Crippen LogP contribution in [-0.2, 0) is 4.74 Å². The first-order valence-electron chi connectivity index (χ1n) is 9.57. The van der Waals surface area contributed by atoms with Gasteiger partial charge in [0.15, 0.2) is 11.9 Å². The molecule has 0 saturated carbocycles. The molecular formula is C20H25N5O3. The Morgan fingerprint density at radius 1 is 1.18 bits per heavy atom. The van der Waals surface area contributed by atoms with Crippen molar-refractivity contribution in [1.82, 2.24) is 19.9 Å². The van der Waals surface area contributed by atoms with Gasteiger partial charge in [-0.15, -0.1) is 0 Å². The number of hydrogen-bond donors (Lipinski definition) is 0. The third kappa shape index (κ3) is 3.50. The van der Waals surface area contributed by atoms with E-state index >= 15 is 0 Å². The van der Waals surface area contributed by atoms with Gasteiger partial charge in [-0.05, 0) is 39.7 Å². The average molecular weight is 383 g/mol. The lowest BCUT2D eigenvalue weighted by molar-refractivity contribution is 0.00592. The molecule has 1 spiro atoms. The van der Waals surface area contributed by atoms with Crippen LogP contribution in [0.25, 0.3) is 11.0 Å². The topological polar surface area (TPSA) is 88.5 Å². The van der Waals surface area contributed by atoms with Crippen molar-refractivity contribution in [2.24, 2.45) is 5.41 Å². The Hall–Kier alpha value is -2.77. The molecule has 0 N–H and O–H groups in total. The zero-order valence-corrected chi connectivity index (χ0v) is 16.5. The number of likely N-dealkylation sites (tertiary alicyclic amines) is 1. The van der Waals surface area contributed by atoms with E-state index in [1.165, 1.54) is 12.5 Å². The first-order valence-corrected chi connectivity index (χ1v) is 9.57. The fraction of sp³-hybridized carbons (Fsp3) is 0.550. The summed E-state index contributed by atoms with van der Waals surface area (Å²) in [6.45, 7) is 8.85. The van der Waals surface area contributed by atoms with Crippen LogP contribution in [0.15, 0.2) is 18.6 Å². The third-order valence-electron chi connectivity index (χ3n) is 5.45. The number of nitrogens with zero attached hydrogens (tertiary/aromatic N) is 5. The number of rotatable bonds is 2. The highest BCUT2D eigenvalue weighted by molar-refractivity contribution is 5.91. The van der Waals surface area contributed by atoms with Crippen molar-refractivity contribution in [3.63, 3.8) is 0 Å². The molecule has 1 amide bonds. The molecule has 2 saturated heterocycles. The Bertz CT molecular complexity index is 908. The van der Waals surface area contributed by atoms with Gasteiger partial charge in [0, 0.05) is 43.4 Å². The molecule has 4 heterocycles. The van der Waals surface area contributed by atoms with Gasteiger partial charge in [0.25, 0.3) is 0 Å². The number of aldehydes is 1. The van der Waals surface area contributed by atoms with Crippen molar-refractivity contribution < 1.29 is 14.3 Å². The van der Waals surface area contributed by atoms with Gasteiger partial charge in [0.05, 0.1) is 5.39 Å². The summed E-state index contributed by atoms with van der Waals surface area (Å²) >= 11 is 0. The normalized spacial score (nSPS) is 18.8. The summed E-state index contributed by atoms with van der Waals surface area (Å²) in [6, 6.07) is 1.79. The lowest BCUT2D eigenvalue weighted by Gasteiger charge is -2.54. The number of carbonyl (C=O) groups is 2. The summed E-state index contributed by atoms with van der Waals surface area (Å²) in [6.07, 6.45) is 5.49. The number of piperidine rings is 1. The van der Waals surface area contributed by atoms with Crippen LogP contribution in [0.2, 0.25) is 0 Å². The lowest BCUT2D eigenvalue weighted by Crippen LogP contribution is -2.61. The van der Waals surface area contributed by atoms with E-state index in [0.29, 0.717) is 24.3 Å². The summed E-state index contributed by atoms with van der Waals surface area (Å²) in [5.41, 5.74) is 0.841. The number of amides is 1. The van der Waals surface area contributed by atoms with Gasteiger partial charge in [-0.2, -0.15) is 0 Å². The predicted octanol–water partition coefficient (Wildman–Crippen LogP) is 2.67. The van der Waals surface area contributed by atoms with Gasteiger partial charge in [-0.1, -0.05) is 0 Å². The third-order valence-corrected chi connectivity index (χ3v) is 5.45. The number of aromatic nitrogens is 3. The van der Waals surface area contributed by atoms with E-state index in [1.807, 2.05) is 20.8 Å². The highest BCUT2D eigenvalue weighted by atomic mass is 16.6. The minimum absolute atomic E-state index is 0.200. The summed E-state index contributed by atoms with van der Waals surface area (Å²) < 4.78 is 5.48. The maximum absolute atomic E-state index is 12.3. The van der Waals surface area contributed by atoms with Crippen LogP contribution in [-0.4, -0.2) is 64.0 Å². The molecule has 4 rings (SSSR count). The molecule has 2 aromatic rings. The number of hydrogen-bond acceptors (Lipinski definition) is 7. The zero-order valence-electron chi connectivity index (χ0n) is 16.5. The molecule has 0 aliphatic carbocycles. The molecule has 0 bridgehead atoms. The van der Waals surface area contributed by atoms with Crippen LogP contribution in [0.4, 0.5) is 10.6 Å². The number of pyridine rings is 1. The van der Waals surface area contributed by atoms with Gasteiger partial charge in [0.2, 0.25) is 0 Å². The summed E-state index contributed by atoms with van der Waals surface area (Å²) in [5.74, 6) is 0.821. The van der Waals surface area contributed by atoms with Gasteiger partial charge in [-0.3, -0.25) is 4.79 Å². The first kappa shape index (κ1) is 18.6. The van der Waals surface area contributed by atoms with E-state index < -0.39 is 5.60 Å². The Labute approximate surface area is 163 Å². The molecule has 8 nitrogen and oxygen atoms in total. The van der Waals surface area contributed by atoms with Crippen molar-refractivity contribution in [2.75, 3.05) is 31.1 Å². The fourth-order valence-electron chi connectivity index (χ4n) is 3.98. The van der Waals surface area contributed by atoms with Crippen molar-refractivity contribution in [2.45, 2.75) is 39.2 Å². The van der Waals surface area contributed by atoms with Crippen molar-refractivity contribution >= 4 is 29.2 Å². The summed E-state index contributed by atoms with van der Waals surface area (Å²) in [5, 5.41) is 0.799. The molecule has 2 fully saturated rings. The van der Waals surface area contributed by atoms with Gasteiger partial charge < -0.3 is 14.5 Å². The van der Waals surface area contributed by atoms with Crippen LogP contribution in [0.3, 0.4) is 0 Å². The van der Waals surface area contributed by atoms with Crippen LogP contribution in [0.1, 0.15) is 44.0 Å². The number of carbonyl (C=O) groups excluding carboxylic acids is 2. The Morgan fingerprint density at radius 3 is 2.54 bits per heavy atom. The number of anilines is 1. The van der Waals surface area contributed by atoms with Crippen molar-refractivity contribution in [1.29, 1.82) is 0 Å². The molecule has 28 heavy (non-hydrogen) atoms. The van der Waals surface area contributed by atoms with Crippen molar-refractivity contribution in [3.8, 4) is 0 Å². The second-order valence-corrected chi connectivity index (χ2v) is 8.78. The quantitative estimate of drug-likeness (QED) is 0.737. The largest absolute Gasteiger partial charge is 0.444 e. The molecule has 0 atom stereocenters. The highest BCUT2D eigenvalue weighted by Crippen LogP contribution is 2.43. The second-order valence-electron chi connectivity index (χ2n) is 8.78. The molecular weight excluding hydrogens is 358 g/mol. The Balaban J connectivity index is 1.42. The van der Waals surface area contributed by atoms with Crippen molar-refractivity contribution in [3.05, 3.63) is 24.2 Å². The summed E-state index contributed by atoms with van der Waals surface area (Å²) in [7, 11) is 0. The van der Waals surface area contributed by atoms with Crippen LogP contribution in [0, 0.1) is 5.41 Å². The molecule has 2 aliphatic heterocycles. The molecule has 0 radical (unpaired) electrons. The molecule has 8 heteroatoms. The van der Waals surface area contributed by atoms with E-state index in [9.17, 15) is 9.59 Å². The standard InChI is InChI=1S/C20H25N5O3/c1-19(2,3)28-18(27)24-6-4-20(5-7-24)11-25(12-20)17-15-8-14(10-26)9-21-16(15)22-13-23-17/h8-10,13H,4-7,11-12H2,1-3H3. The molecule has 0 unspecified atom stereocenters. The zero-order chi connectivity index (χ0) is 19.9. The minimum atomic E-state index is -0.470. The lowest BCUT2D eigenvalue weighted by atomic mass is 9.72. The average Bonchev–Trinajstić information content (AvgIpc) is 2.64. The minimum Gasteiger partial charge on any atom is -0.444 e. The van der Waals surface area contributed by atoms with E-state index in [4.69, 9.17) is 4.74 Å². The van der Waals surface area contributed by atoms with Crippen LogP contribution >= 0.6 is 0 Å². The van der Waals surface area contributed by atoms with E-state index in [2.05, 4.69) is 19.9 Å². The van der Waals surface area contributed by atoms with Crippen LogP contribution < -0.4 is 4.90 Å². The van der Waals surface area contributed by atoms with E-state index in [-0.39, 0.29) is 11.5 Å². The maximum atomic E-state index is 12.3. The van der Waals surface area contributed by atoms with Crippen LogP contribution in [0.5, 0.6) is 0 Å². The molecule has 0 aromatic carbocycles. The van der Waals surface area contributed by atoms with Gasteiger partial charge >= 0.3 is 6.09 Å². The number of fused-ring (bicyclic) bond motifs is 1. The molecule has 2 aromatic heterocycles. The Morgan fingerprint density at radius 2 is 1.89 bits per heavy atom. The molecule has 2 aliphatic rings. The van der Waals surface area contributed by atoms with E-state index in [1.54, 1.807) is 11.0 Å².